The molecule has 1 amide bonds. The van der Waals surface area contributed by atoms with E-state index in [4.69, 9.17) is 0 Å². The van der Waals surface area contributed by atoms with Crippen molar-refractivity contribution in [2.24, 2.45) is 0 Å². The Morgan fingerprint density at radius 3 is 2.35 bits per heavy atom. The third-order valence-electron chi connectivity index (χ3n) is 5.31. The fraction of sp³-hybridized carbons (Fsp3) is 0.381. The molecule has 0 radical (unpaired) electrons. The molecule has 3 rings (SSSR count). The standard InChI is InChI=1S/C21H25NO/c1-16-9-7-8-12-19(16)21(3)13-14-22(20(23)15-21)17(2)18-10-5-4-6-11-18/h4-12,17H,13-15H2,1-3H3/t17-,21?/m0/s1. The van der Waals surface area contributed by atoms with E-state index in [1.165, 1.54) is 16.7 Å². The Kier molecular flexibility index (Phi) is 4.25. The Morgan fingerprint density at radius 1 is 1.04 bits per heavy atom. The average molecular weight is 307 g/mol. The van der Waals surface area contributed by atoms with Crippen molar-refractivity contribution in [3.05, 3.63) is 71.3 Å². The van der Waals surface area contributed by atoms with E-state index in [1.807, 2.05) is 23.1 Å². The van der Waals surface area contributed by atoms with Gasteiger partial charge in [-0.1, -0.05) is 61.5 Å². The van der Waals surface area contributed by atoms with Crippen LogP contribution in [0.15, 0.2) is 54.6 Å². The van der Waals surface area contributed by atoms with Gasteiger partial charge in [0.2, 0.25) is 5.91 Å². The van der Waals surface area contributed by atoms with E-state index in [-0.39, 0.29) is 17.4 Å². The molecule has 0 aromatic heterocycles. The summed E-state index contributed by atoms with van der Waals surface area (Å²) in [6, 6.07) is 18.9. The van der Waals surface area contributed by atoms with Gasteiger partial charge in [-0.25, -0.2) is 0 Å². The lowest BCUT2D eigenvalue weighted by atomic mass is 9.72. The maximum Gasteiger partial charge on any atom is 0.223 e. The Morgan fingerprint density at radius 2 is 1.70 bits per heavy atom. The van der Waals surface area contributed by atoms with Crippen molar-refractivity contribution >= 4 is 5.91 Å². The number of likely N-dealkylation sites (tertiary alicyclic amines) is 1. The van der Waals surface area contributed by atoms with Crippen LogP contribution in [0.2, 0.25) is 0 Å². The van der Waals surface area contributed by atoms with E-state index in [0.29, 0.717) is 6.42 Å². The van der Waals surface area contributed by atoms with Crippen LogP contribution in [0.1, 0.15) is 49.4 Å². The lowest BCUT2D eigenvalue weighted by molar-refractivity contribution is -0.138. The van der Waals surface area contributed by atoms with Gasteiger partial charge in [-0.05, 0) is 37.0 Å². The monoisotopic (exact) mass is 307 g/mol. The first-order valence-corrected chi connectivity index (χ1v) is 8.42. The van der Waals surface area contributed by atoms with Gasteiger partial charge in [-0.3, -0.25) is 4.79 Å². The number of benzene rings is 2. The molecule has 2 nitrogen and oxygen atoms in total. The van der Waals surface area contributed by atoms with E-state index in [0.717, 1.165) is 13.0 Å². The highest BCUT2D eigenvalue weighted by Crippen LogP contribution is 2.39. The second-order valence-corrected chi connectivity index (χ2v) is 6.98. The predicted octanol–water partition coefficient (Wildman–Crippen LogP) is 4.64. The summed E-state index contributed by atoms with van der Waals surface area (Å²) in [6.45, 7) is 7.32. The molecule has 2 aromatic rings. The maximum atomic E-state index is 12.8. The molecule has 0 saturated carbocycles. The Balaban J connectivity index is 1.80. The van der Waals surface area contributed by atoms with Gasteiger partial charge < -0.3 is 4.90 Å². The molecular formula is C21H25NO. The molecule has 2 aromatic carbocycles. The van der Waals surface area contributed by atoms with Crippen LogP contribution < -0.4 is 0 Å². The molecule has 0 N–H and O–H groups in total. The van der Waals surface area contributed by atoms with Gasteiger partial charge in [-0.15, -0.1) is 0 Å². The maximum absolute atomic E-state index is 12.8. The van der Waals surface area contributed by atoms with Gasteiger partial charge in [0.05, 0.1) is 6.04 Å². The molecule has 1 saturated heterocycles. The van der Waals surface area contributed by atoms with Gasteiger partial charge in [0, 0.05) is 18.4 Å². The SMILES string of the molecule is Cc1ccccc1C1(C)CCN([C@@H](C)c2ccccc2)C(=O)C1. The molecule has 1 aliphatic rings. The van der Waals surface area contributed by atoms with Crippen molar-refractivity contribution in [1.29, 1.82) is 0 Å². The van der Waals surface area contributed by atoms with Crippen molar-refractivity contribution < 1.29 is 4.79 Å². The highest BCUT2D eigenvalue weighted by molar-refractivity contribution is 5.79. The van der Waals surface area contributed by atoms with Crippen LogP contribution in [0.4, 0.5) is 0 Å². The van der Waals surface area contributed by atoms with Crippen LogP contribution in [-0.2, 0) is 10.2 Å². The van der Waals surface area contributed by atoms with Gasteiger partial charge in [-0.2, -0.15) is 0 Å². The van der Waals surface area contributed by atoms with Crippen LogP contribution in [-0.4, -0.2) is 17.4 Å². The molecule has 23 heavy (non-hydrogen) atoms. The number of aryl methyl sites for hydroxylation is 1. The number of hydrogen-bond acceptors (Lipinski definition) is 1. The van der Waals surface area contributed by atoms with E-state index >= 15 is 0 Å². The van der Waals surface area contributed by atoms with Gasteiger partial charge in [0.1, 0.15) is 0 Å². The molecule has 1 aliphatic heterocycles. The zero-order valence-electron chi connectivity index (χ0n) is 14.3. The number of piperidine rings is 1. The minimum Gasteiger partial charge on any atom is -0.336 e. The molecule has 0 spiro atoms. The third-order valence-corrected chi connectivity index (χ3v) is 5.31. The van der Waals surface area contributed by atoms with Crippen molar-refractivity contribution in [1.82, 2.24) is 4.90 Å². The number of nitrogens with zero attached hydrogens (tertiary/aromatic N) is 1. The first-order chi connectivity index (χ1) is 11.0. The number of carbonyl (C=O) groups is 1. The summed E-state index contributed by atoms with van der Waals surface area (Å²) in [6.07, 6.45) is 1.61. The van der Waals surface area contributed by atoms with Crippen LogP contribution in [0, 0.1) is 6.92 Å². The summed E-state index contributed by atoms with van der Waals surface area (Å²) in [5, 5.41) is 0. The molecule has 1 unspecified atom stereocenters. The summed E-state index contributed by atoms with van der Waals surface area (Å²) in [7, 11) is 0. The van der Waals surface area contributed by atoms with Crippen LogP contribution in [0.3, 0.4) is 0 Å². The highest BCUT2D eigenvalue weighted by atomic mass is 16.2. The second kappa shape index (κ2) is 6.19. The smallest absolute Gasteiger partial charge is 0.223 e. The average Bonchev–Trinajstić information content (AvgIpc) is 2.55. The van der Waals surface area contributed by atoms with Gasteiger partial charge in [0.15, 0.2) is 0 Å². The van der Waals surface area contributed by atoms with Crippen LogP contribution in [0.25, 0.3) is 0 Å². The van der Waals surface area contributed by atoms with Gasteiger partial charge >= 0.3 is 0 Å². The van der Waals surface area contributed by atoms with Crippen molar-refractivity contribution in [2.45, 2.75) is 45.1 Å². The fourth-order valence-corrected chi connectivity index (χ4v) is 3.82. The summed E-state index contributed by atoms with van der Waals surface area (Å²) in [5.74, 6) is 0.262. The van der Waals surface area contributed by atoms with E-state index in [2.05, 4.69) is 57.2 Å². The Bertz CT molecular complexity index is 694. The second-order valence-electron chi connectivity index (χ2n) is 6.98. The lowest BCUT2D eigenvalue weighted by Crippen LogP contribution is -2.46. The van der Waals surface area contributed by atoms with Gasteiger partial charge in [0.25, 0.3) is 0 Å². The Labute approximate surface area is 139 Å². The van der Waals surface area contributed by atoms with Crippen molar-refractivity contribution in [2.75, 3.05) is 6.54 Å². The van der Waals surface area contributed by atoms with E-state index in [1.54, 1.807) is 0 Å². The molecule has 2 heteroatoms. The normalized spacial score (nSPS) is 22.9. The lowest BCUT2D eigenvalue weighted by Gasteiger charge is -2.42. The number of carbonyl (C=O) groups excluding carboxylic acids is 1. The predicted molar refractivity (Wildman–Crippen MR) is 94.3 cm³/mol. The largest absolute Gasteiger partial charge is 0.336 e. The molecule has 0 bridgehead atoms. The first-order valence-electron chi connectivity index (χ1n) is 8.42. The number of rotatable bonds is 3. The summed E-state index contributed by atoms with van der Waals surface area (Å²) >= 11 is 0. The molecule has 0 aliphatic carbocycles. The molecule has 1 fully saturated rings. The zero-order valence-corrected chi connectivity index (χ0v) is 14.3. The van der Waals surface area contributed by atoms with E-state index < -0.39 is 0 Å². The third kappa shape index (κ3) is 3.03. The van der Waals surface area contributed by atoms with Crippen LogP contribution in [0.5, 0.6) is 0 Å². The minimum atomic E-state index is -0.0463. The molecule has 2 atom stereocenters. The number of amides is 1. The van der Waals surface area contributed by atoms with E-state index in [9.17, 15) is 4.79 Å². The number of hydrogen-bond donors (Lipinski definition) is 0. The highest BCUT2D eigenvalue weighted by Gasteiger charge is 2.38. The summed E-state index contributed by atoms with van der Waals surface area (Å²) in [5.41, 5.74) is 3.77. The Hall–Kier alpha value is -2.09. The van der Waals surface area contributed by atoms with Crippen LogP contribution >= 0.6 is 0 Å². The molecule has 120 valence electrons. The fourth-order valence-electron chi connectivity index (χ4n) is 3.82. The minimum absolute atomic E-state index is 0.0463. The molecular weight excluding hydrogens is 282 g/mol. The van der Waals surface area contributed by atoms with Crippen molar-refractivity contribution in [3.63, 3.8) is 0 Å². The van der Waals surface area contributed by atoms with Crippen molar-refractivity contribution in [3.8, 4) is 0 Å². The first kappa shape index (κ1) is 15.8. The topological polar surface area (TPSA) is 20.3 Å². The quantitative estimate of drug-likeness (QED) is 0.809. The summed E-state index contributed by atoms with van der Waals surface area (Å²) in [4.78, 5) is 14.9. The molecule has 1 heterocycles. The zero-order chi connectivity index (χ0) is 16.4. The summed E-state index contributed by atoms with van der Waals surface area (Å²) < 4.78 is 0.